The first kappa shape index (κ1) is 14.5. The van der Waals surface area contributed by atoms with Crippen LogP contribution in [0.15, 0.2) is 12.1 Å². The van der Waals surface area contributed by atoms with Crippen molar-refractivity contribution in [3.8, 4) is 0 Å². The maximum Gasteiger partial charge on any atom is 0.251 e. The summed E-state index contributed by atoms with van der Waals surface area (Å²) in [6.45, 7) is 6.92. The Balaban J connectivity index is 2.67. The molecule has 18 heavy (non-hydrogen) atoms. The highest BCUT2D eigenvalue weighted by atomic mass is 16.1. The van der Waals surface area contributed by atoms with E-state index in [1.807, 2.05) is 19.9 Å². The SMILES string of the molecule is CCCCCNC(=O)c1cc(N)nc(C(C)C)c1. The van der Waals surface area contributed by atoms with Gasteiger partial charge in [0.25, 0.3) is 5.91 Å². The molecule has 0 aromatic carbocycles. The number of pyridine rings is 1. The van der Waals surface area contributed by atoms with Crippen molar-refractivity contribution in [2.24, 2.45) is 0 Å². The summed E-state index contributed by atoms with van der Waals surface area (Å²) in [4.78, 5) is 16.2. The third kappa shape index (κ3) is 4.35. The Kier molecular flexibility index (Phi) is 5.62. The summed E-state index contributed by atoms with van der Waals surface area (Å²) in [6.07, 6.45) is 3.30. The van der Waals surface area contributed by atoms with Gasteiger partial charge >= 0.3 is 0 Å². The Morgan fingerprint density at radius 3 is 2.72 bits per heavy atom. The molecule has 1 heterocycles. The number of unbranched alkanes of at least 4 members (excludes halogenated alkanes) is 2. The zero-order valence-electron chi connectivity index (χ0n) is 11.5. The monoisotopic (exact) mass is 249 g/mol. The smallest absolute Gasteiger partial charge is 0.251 e. The molecule has 0 fully saturated rings. The first-order valence-electron chi connectivity index (χ1n) is 6.60. The number of anilines is 1. The van der Waals surface area contributed by atoms with Crippen molar-refractivity contribution in [1.82, 2.24) is 10.3 Å². The van der Waals surface area contributed by atoms with E-state index in [2.05, 4.69) is 17.2 Å². The van der Waals surface area contributed by atoms with E-state index in [4.69, 9.17) is 5.73 Å². The number of amides is 1. The zero-order valence-corrected chi connectivity index (χ0v) is 11.5. The summed E-state index contributed by atoms with van der Waals surface area (Å²) < 4.78 is 0. The fraction of sp³-hybridized carbons (Fsp3) is 0.571. The molecule has 1 aromatic rings. The molecule has 0 atom stereocenters. The number of carbonyl (C=O) groups is 1. The number of hydrogen-bond acceptors (Lipinski definition) is 3. The number of nitrogens with zero attached hydrogens (tertiary/aromatic N) is 1. The lowest BCUT2D eigenvalue weighted by molar-refractivity contribution is 0.0953. The van der Waals surface area contributed by atoms with Crippen LogP contribution in [0, 0.1) is 0 Å². The van der Waals surface area contributed by atoms with Crippen LogP contribution in [0.4, 0.5) is 5.82 Å². The van der Waals surface area contributed by atoms with Crippen LogP contribution >= 0.6 is 0 Å². The topological polar surface area (TPSA) is 68.0 Å². The molecule has 0 aliphatic heterocycles. The fourth-order valence-electron chi connectivity index (χ4n) is 1.68. The second-order valence-electron chi connectivity index (χ2n) is 4.82. The van der Waals surface area contributed by atoms with E-state index in [0.29, 0.717) is 17.9 Å². The van der Waals surface area contributed by atoms with E-state index in [-0.39, 0.29) is 11.8 Å². The van der Waals surface area contributed by atoms with Crippen molar-refractivity contribution in [2.75, 3.05) is 12.3 Å². The molecule has 4 nitrogen and oxygen atoms in total. The highest BCUT2D eigenvalue weighted by Gasteiger charge is 2.10. The van der Waals surface area contributed by atoms with E-state index < -0.39 is 0 Å². The summed E-state index contributed by atoms with van der Waals surface area (Å²) >= 11 is 0. The molecule has 4 heteroatoms. The van der Waals surface area contributed by atoms with Crippen LogP contribution in [0.3, 0.4) is 0 Å². The standard InChI is InChI=1S/C14H23N3O/c1-4-5-6-7-16-14(18)11-8-12(10(2)3)17-13(15)9-11/h8-10H,4-7H2,1-3H3,(H2,15,17)(H,16,18). The lowest BCUT2D eigenvalue weighted by Crippen LogP contribution is -2.25. The first-order chi connectivity index (χ1) is 8.54. The molecule has 1 amide bonds. The van der Waals surface area contributed by atoms with E-state index in [9.17, 15) is 4.79 Å². The molecule has 1 aromatic heterocycles. The van der Waals surface area contributed by atoms with E-state index in [0.717, 1.165) is 25.0 Å². The van der Waals surface area contributed by atoms with Gasteiger partial charge in [-0.25, -0.2) is 4.98 Å². The Labute approximate surface area is 109 Å². The third-order valence-corrected chi connectivity index (χ3v) is 2.78. The van der Waals surface area contributed by atoms with Crippen molar-refractivity contribution in [1.29, 1.82) is 0 Å². The van der Waals surface area contributed by atoms with Crippen LogP contribution in [0.2, 0.25) is 0 Å². The Morgan fingerprint density at radius 1 is 1.39 bits per heavy atom. The predicted molar refractivity (Wildman–Crippen MR) is 74.6 cm³/mol. The predicted octanol–water partition coefficient (Wildman–Crippen LogP) is 2.71. The minimum Gasteiger partial charge on any atom is -0.384 e. The van der Waals surface area contributed by atoms with Crippen molar-refractivity contribution < 1.29 is 4.79 Å². The van der Waals surface area contributed by atoms with E-state index in [1.54, 1.807) is 6.07 Å². The highest BCUT2D eigenvalue weighted by Crippen LogP contribution is 2.15. The fourth-order valence-corrected chi connectivity index (χ4v) is 1.68. The van der Waals surface area contributed by atoms with Crippen molar-refractivity contribution in [3.05, 3.63) is 23.4 Å². The van der Waals surface area contributed by atoms with Gasteiger partial charge in [-0.3, -0.25) is 4.79 Å². The van der Waals surface area contributed by atoms with Gasteiger partial charge in [0.2, 0.25) is 0 Å². The van der Waals surface area contributed by atoms with Crippen LogP contribution in [0.5, 0.6) is 0 Å². The molecule has 3 N–H and O–H groups in total. The Bertz CT molecular complexity index is 402. The van der Waals surface area contributed by atoms with Gasteiger partial charge in [-0.15, -0.1) is 0 Å². The largest absolute Gasteiger partial charge is 0.384 e. The van der Waals surface area contributed by atoms with Crippen molar-refractivity contribution in [2.45, 2.75) is 46.0 Å². The van der Waals surface area contributed by atoms with E-state index in [1.165, 1.54) is 0 Å². The lowest BCUT2D eigenvalue weighted by atomic mass is 10.1. The van der Waals surface area contributed by atoms with E-state index >= 15 is 0 Å². The Hall–Kier alpha value is -1.58. The van der Waals surface area contributed by atoms with Gasteiger partial charge in [0.1, 0.15) is 5.82 Å². The molecule has 0 saturated carbocycles. The van der Waals surface area contributed by atoms with Crippen LogP contribution in [-0.4, -0.2) is 17.4 Å². The number of nitrogens with one attached hydrogen (secondary N) is 1. The van der Waals surface area contributed by atoms with Crippen molar-refractivity contribution in [3.63, 3.8) is 0 Å². The zero-order chi connectivity index (χ0) is 13.5. The molecule has 0 radical (unpaired) electrons. The highest BCUT2D eigenvalue weighted by molar-refractivity contribution is 5.94. The third-order valence-electron chi connectivity index (χ3n) is 2.78. The number of nitrogens with two attached hydrogens (primary N) is 1. The van der Waals surface area contributed by atoms with Gasteiger partial charge in [-0.1, -0.05) is 33.6 Å². The minimum atomic E-state index is -0.0675. The summed E-state index contributed by atoms with van der Waals surface area (Å²) in [5.74, 6) is 0.599. The lowest BCUT2D eigenvalue weighted by Gasteiger charge is -2.09. The average Bonchev–Trinajstić information content (AvgIpc) is 2.33. The molecule has 0 aliphatic carbocycles. The molecule has 0 bridgehead atoms. The van der Waals surface area contributed by atoms with Crippen LogP contribution < -0.4 is 11.1 Å². The average molecular weight is 249 g/mol. The molecular formula is C14H23N3O. The molecule has 100 valence electrons. The molecule has 0 saturated heterocycles. The molecule has 0 unspecified atom stereocenters. The van der Waals surface area contributed by atoms with Gasteiger partial charge in [0.05, 0.1) is 0 Å². The number of carbonyl (C=O) groups excluding carboxylic acids is 1. The van der Waals surface area contributed by atoms with Crippen LogP contribution in [0.1, 0.15) is 62.0 Å². The quantitative estimate of drug-likeness (QED) is 0.762. The second kappa shape index (κ2) is 6.99. The molecular weight excluding hydrogens is 226 g/mol. The van der Waals surface area contributed by atoms with Crippen molar-refractivity contribution >= 4 is 11.7 Å². The maximum atomic E-state index is 11.9. The number of hydrogen-bond donors (Lipinski definition) is 2. The van der Waals surface area contributed by atoms with Gasteiger partial charge < -0.3 is 11.1 Å². The second-order valence-corrected chi connectivity index (χ2v) is 4.82. The van der Waals surface area contributed by atoms with Gasteiger partial charge in [0, 0.05) is 17.8 Å². The molecule has 0 aliphatic rings. The number of rotatable bonds is 6. The molecule has 1 rings (SSSR count). The summed E-state index contributed by atoms with van der Waals surface area (Å²) in [5, 5.41) is 2.90. The summed E-state index contributed by atoms with van der Waals surface area (Å²) in [7, 11) is 0. The summed E-state index contributed by atoms with van der Waals surface area (Å²) in [6, 6.07) is 3.44. The van der Waals surface area contributed by atoms with Gasteiger partial charge in [-0.2, -0.15) is 0 Å². The molecule has 0 spiro atoms. The number of aromatic nitrogens is 1. The Morgan fingerprint density at radius 2 is 2.11 bits per heavy atom. The minimum absolute atomic E-state index is 0.0675. The maximum absolute atomic E-state index is 11.9. The normalized spacial score (nSPS) is 10.7. The summed E-state index contributed by atoms with van der Waals surface area (Å²) in [5.41, 5.74) is 7.18. The van der Waals surface area contributed by atoms with Crippen LogP contribution in [-0.2, 0) is 0 Å². The van der Waals surface area contributed by atoms with Gasteiger partial charge in [0.15, 0.2) is 0 Å². The number of nitrogen functional groups attached to an aromatic ring is 1. The first-order valence-corrected chi connectivity index (χ1v) is 6.60. The van der Waals surface area contributed by atoms with Gasteiger partial charge in [-0.05, 0) is 24.5 Å². The van der Waals surface area contributed by atoms with Crippen LogP contribution in [0.25, 0.3) is 0 Å².